The van der Waals surface area contributed by atoms with E-state index in [1.54, 1.807) is 29.8 Å². The Bertz CT molecular complexity index is 465. The Kier molecular flexibility index (Phi) is 3.36. The summed E-state index contributed by atoms with van der Waals surface area (Å²) >= 11 is 0. The van der Waals surface area contributed by atoms with Crippen LogP contribution in [0, 0.1) is 5.92 Å². The third-order valence-corrected chi connectivity index (χ3v) is 3.18. The number of hydrogen-bond acceptors (Lipinski definition) is 3. The number of carboxylic acid groups (broad SMARTS) is 1. The lowest BCUT2D eigenvalue weighted by Gasteiger charge is -2.24. The predicted octanol–water partition coefficient (Wildman–Crippen LogP) is 0.745. The summed E-state index contributed by atoms with van der Waals surface area (Å²) in [5, 5.41) is 8.94. The third-order valence-electron chi connectivity index (χ3n) is 3.18. The number of carbonyl (C=O) groups excluding carboxylic acids is 1. The van der Waals surface area contributed by atoms with Crippen molar-refractivity contribution in [2.75, 3.05) is 6.54 Å². The number of carbonyl (C=O) groups is 2. The second-order valence-corrected chi connectivity index (χ2v) is 4.82. The molecule has 1 N–H and O–H groups in total. The Hall–Kier alpha value is -1.85. The molecule has 1 heterocycles. The van der Waals surface area contributed by atoms with Gasteiger partial charge in [-0.05, 0) is 12.8 Å². The molecule has 18 heavy (non-hydrogen) atoms. The van der Waals surface area contributed by atoms with Gasteiger partial charge in [-0.2, -0.15) is 0 Å². The van der Waals surface area contributed by atoms with Gasteiger partial charge in [0.15, 0.2) is 0 Å². The van der Waals surface area contributed by atoms with E-state index < -0.39 is 11.9 Å². The minimum absolute atomic E-state index is 0.134. The molecule has 0 bridgehead atoms. The fourth-order valence-corrected chi connectivity index (χ4v) is 1.87. The minimum atomic E-state index is -0.876. The van der Waals surface area contributed by atoms with Gasteiger partial charge >= 0.3 is 5.97 Å². The van der Waals surface area contributed by atoms with Crippen molar-refractivity contribution in [1.82, 2.24) is 14.5 Å². The summed E-state index contributed by atoms with van der Waals surface area (Å²) in [7, 11) is 1.76. The standard InChI is InChI=1S/C12H17N3O3/c1-8(12(17)18)6-15(9-3-4-9)11(16)10-5-13-7-14(10)2/h5,7-9H,3-4,6H2,1-2H3,(H,17,18). The molecule has 1 aliphatic rings. The number of aryl methyl sites for hydroxylation is 1. The van der Waals surface area contributed by atoms with E-state index in [1.165, 1.54) is 6.20 Å². The van der Waals surface area contributed by atoms with Gasteiger partial charge < -0.3 is 14.6 Å². The van der Waals surface area contributed by atoms with Crippen molar-refractivity contribution < 1.29 is 14.7 Å². The van der Waals surface area contributed by atoms with Crippen molar-refractivity contribution in [2.45, 2.75) is 25.8 Å². The molecule has 1 aliphatic carbocycles. The van der Waals surface area contributed by atoms with Crippen molar-refractivity contribution in [3.63, 3.8) is 0 Å². The highest BCUT2D eigenvalue weighted by Crippen LogP contribution is 2.29. The summed E-state index contributed by atoms with van der Waals surface area (Å²) < 4.78 is 1.66. The molecule has 0 aromatic carbocycles. The maximum Gasteiger partial charge on any atom is 0.308 e. The van der Waals surface area contributed by atoms with Crippen molar-refractivity contribution in [1.29, 1.82) is 0 Å². The smallest absolute Gasteiger partial charge is 0.308 e. The lowest BCUT2D eigenvalue weighted by atomic mass is 10.1. The summed E-state index contributed by atoms with van der Waals surface area (Å²) in [4.78, 5) is 28.8. The summed E-state index contributed by atoms with van der Waals surface area (Å²) in [6, 6.07) is 0.189. The summed E-state index contributed by atoms with van der Waals surface area (Å²) in [5.74, 6) is -1.56. The van der Waals surface area contributed by atoms with E-state index in [4.69, 9.17) is 5.11 Å². The average Bonchev–Trinajstić information content (AvgIpc) is 3.07. The Morgan fingerprint density at radius 3 is 2.72 bits per heavy atom. The molecule has 1 saturated carbocycles. The average molecular weight is 251 g/mol. The second-order valence-electron chi connectivity index (χ2n) is 4.82. The lowest BCUT2D eigenvalue weighted by molar-refractivity contribution is -0.141. The largest absolute Gasteiger partial charge is 0.481 e. The first-order valence-corrected chi connectivity index (χ1v) is 6.00. The molecule has 2 rings (SSSR count). The van der Waals surface area contributed by atoms with E-state index in [2.05, 4.69) is 4.98 Å². The van der Waals surface area contributed by atoms with E-state index in [-0.39, 0.29) is 18.5 Å². The van der Waals surface area contributed by atoms with E-state index >= 15 is 0 Å². The number of aliphatic carboxylic acids is 1. The first kappa shape index (κ1) is 12.6. The fraction of sp³-hybridized carbons (Fsp3) is 0.583. The molecule has 1 aromatic rings. The number of rotatable bonds is 5. The number of hydrogen-bond donors (Lipinski definition) is 1. The van der Waals surface area contributed by atoms with Crippen LogP contribution in [0.1, 0.15) is 30.3 Å². The topological polar surface area (TPSA) is 75.4 Å². The lowest BCUT2D eigenvalue weighted by Crippen LogP contribution is -2.39. The van der Waals surface area contributed by atoms with Crippen LogP contribution in [0.4, 0.5) is 0 Å². The first-order valence-electron chi connectivity index (χ1n) is 6.00. The zero-order valence-corrected chi connectivity index (χ0v) is 10.5. The molecule has 1 fully saturated rings. The summed E-state index contributed by atoms with van der Waals surface area (Å²) in [6.07, 6.45) is 4.99. The number of aromatic nitrogens is 2. The van der Waals surface area contributed by atoms with Gasteiger partial charge in [-0.3, -0.25) is 9.59 Å². The van der Waals surface area contributed by atoms with Crippen LogP contribution in [0.25, 0.3) is 0 Å². The van der Waals surface area contributed by atoms with Gasteiger partial charge in [-0.1, -0.05) is 6.92 Å². The zero-order chi connectivity index (χ0) is 13.3. The highest BCUT2D eigenvalue weighted by Gasteiger charge is 2.35. The molecule has 1 atom stereocenters. The highest BCUT2D eigenvalue weighted by molar-refractivity contribution is 5.93. The number of carboxylic acids is 1. The van der Waals surface area contributed by atoms with Gasteiger partial charge in [0.2, 0.25) is 0 Å². The Morgan fingerprint density at radius 2 is 2.28 bits per heavy atom. The van der Waals surface area contributed by atoms with E-state index in [1.807, 2.05) is 0 Å². The van der Waals surface area contributed by atoms with Crippen molar-refractivity contribution in [2.24, 2.45) is 13.0 Å². The van der Waals surface area contributed by atoms with Crippen LogP contribution in [-0.4, -0.2) is 44.0 Å². The SMILES string of the molecule is CC(CN(C(=O)c1cncn1C)C1CC1)C(=O)O. The molecular weight excluding hydrogens is 234 g/mol. The molecule has 0 aliphatic heterocycles. The second kappa shape index (κ2) is 4.80. The number of nitrogens with zero attached hydrogens (tertiary/aromatic N) is 3. The molecule has 0 radical (unpaired) electrons. The van der Waals surface area contributed by atoms with E-state index in [9.17, 15) is 9.59 Å². The molecule has 1 aromatic heterocycles. The maximum atomic E-state index is 12.3. The normalized spacial score (nSPS) is 16.3. The molecule has 0 saturated heterocycles. The minimum Gasteiger partial charge on any atom is -0.481 e. The van der Waals surface area contributed by atoms with E-state index in [0.29, 0.717) is 5.69 Å². The molecule has 1 amide bonds. The maximum absolute atomic E-state index is 12.3. The fourth-order valence-electron chi connectivity index (χ4n) is 1.87. The van der Waals surface area contributed by atoms with E-state index in [0.717, 1.165) is 12.8 Å². The molecule has 1 unspecified atom stereocenters. The van der Waals surface area contributed by atoms with Crippen LogP contribution >= 0.6 is 0 Å². The third kappa shape index (κ3) is 2.52. The zero-order valence-electron chi connectivity index (χ0n) is 10.5. The Balaban J connectivity index is 2.13. The van der Waals surface area contributed by atoms with Gasteiger partial charge in [0.05, 0.1) is 18.4 Å². The van der Waals surface area contributed by atoms with Crippen molar-refractivity contribution >= 4 is 11.9 Å². The first-order chi connectivity index (χ1) is 8.50. The van der Waals surface area contributed by atoms with Gasteiger partial charge in [0, 0.05) is 19.6 Å². The van der Waals surface area contributed by atoms with Crippen LogP contribution in [0.3, 0.4) is 0 Å². The summed E-state index contributed by atoms with van der Waals surface area (Å²) in [6.45, 7) is 1.87. The number of amides is 1. The van der Waals surface area contributed by atoms with Crippen LogP contribution in [-0.2, 0) is 11.8 Å². The van der Waals surface area contributed by atoms with Gasteiger partial charge in [0.25, 0.3) is 5.91 Å². The van der Waals surface area contributed by atoms with Crippen molar-refractivity contribution in [3.05, 3.63) is 18.2 Å². The number of imidazole rings is 1. The highest BCUT2D eigenvalue weighted by atomic mass is 16.4. The molecular formula is C12H17N3O3. The molecule has 98 valence electrons. The Labute approximate surface area is 105 Å². The monoisotopic (exact) mass is 251 g/mol. The van der Waals surface area contributed by atoms with Crippen LogP contribution < -0.4 is 0 Å². The predicted molar refractivity (Wildman–Crippen MR) is 64.1 cm³/mol. The van der Waals surface area contributed by atoms with Crippen LogP contribution in [0.15, 0.2) is 12.5 Å². The molecule has 6 heteroatoms. The van der Waals surface area contributed by atoms with Crippen molar-refractivity contribution in [3.8, 4) is 0 Å². The van der Waals surface area contributed by atoms with Crippen LogP contribution in [0.2, 0.25) is 0 Å². The van der Waals surface area contributed by atoms with Gasteiger partial charge in [-0.25, -0.2) is 4.98 Å². The van der Waals surface area contributed by atoms with Gasteiger partial charge in [0.1, 0.15) is 5.69 Å². The quantitative estimate of drug-likeness (QED) is 0.837. The van der Waals surface area contributed by atoms with Gasteiger partial charge in [-0.15, -0.1) is 0 Å². The summed E-state index contributed by atoms with van der Waals surface area (Å²) in [5.41, 5.74) is 0.500. The molecule has 0 spiro atoms. The Morgan fingerprint density at radius 1 is 1.61 bits per heavy atom. The van der Waals surface area contributed by atoms with Crippen LogP contribution in [0.5, 0.6) is 0 Å². The molecule has 6 nitrogen and oxygen atoms in total.